The van der Waals surface area contributed by atoms with Crippen molar-refractivity contribution in [3.05, 3.63) is 70.5 Å². The molecule has 0 saturated carbocycles. The minimum absolute atomic E-state index is 0. The summed E-state index contributed by atoms with van der Waals surface area (Å²) < 4.78 is 0. The second kappa shape index (κ2) is 16.2. The molecule has 2 rings (SSSR count). The molecule has 0 aromatic heterocycles. The monoisotopic (exact) mass is 491 g/mol. The summed E-state index contributed by atoms with van der Waals surface area (Å²) in [6.45, 7) is 13.9. The van der Waals surface area contributed by atoms with Crippen LogP contribution in [-0.2, 0) is 11.3 Å². The standard InChI is InChI=1S/C22H26N3O3.C5H12.K/c1-16(2)21(27)24-14-17-8-10-19(11-9-17)23-12-13-25(3)22(28)20-7-5-4-6-18(20)15-26;1-5(2,3)4;/h4-11,15-16H,12-14H2,1-3H3,(H,24,27);1-4H3;/q-1;;+1. The molecule has 2 aromatic rings. The summed E-state index contributed by atoms with van der Waals surface area (Å²) >= 11 is 0. The van der Waals surface area contributed by atoms with Gasteiger partial charge in [0.05, 0.1) is 5.56 Å². The number of nitrogens with one attached hydrogen (secondary N) is 1. The molecule has 6 nitrogen and oxygen atoms in total. The topological polar surface area (TPSA) is 80.6 Å². The van der Waals surface area contributed by atoms with Crippen LogP contribution in [0.2, 0.25) is 0 Å². The van der Waals surface area contributed by atoms with Crippen molar-refractivity contribution in [2.45, 2.75) is 48.1 Å². The summed E-state index contributed by atoms with van der Waals surface area (Å²) in [5, 5.41) is 7.35. The van der Waals surface area contributed by atoms with Crippen LogP contribution in [-0.4, -0.2) is 43.1 Å². The third-order valence-corrected chi connectivity index (χ3v) is 4.32. The molecule has 2 amide bonds. The number of amides is 2. The summed E-state index contributed by atoms with van der Waals surface area (Å²) in [7, 11) is 1.69. The SMILES string of the molecule is CC(C)(C)C.CC(C)C(=O)NCc1ccc([N-]CCN(C)C(=O)c2ccccc2C=O)cc1.[K+]. The molecule has 0 aliphatic heterocycles. The molecule has 0 fully saturated rings. The van der Waals surface area contributed by atoms with Crippen molar-refractivity contribution in [2.75, 3.05) is 20.1 Å². The zero-order chi connectivity index (χ0) is 25.0. The zero-order valence-electron chi connectivity index (χ0n) is 22.0. The molecule has 0 saturated heterocycles. The number of hydrogen-bond donors (Lipinski definition) is 1. The Kier molecular flexibility index (Phi) is 15.5. The van der Waals surface area contributed by atoms with E-state index in [1.54, 1.807) is 36.2 Å². The predicted octanol–water partition coefficient (Wildman–Crippen LogP) is 2.61. The summed E-state index contributed by atoms with van der Waals surface area (Å²) in [6.07, 6.45) is 0.691. The average Bonchev–Trinajstić information content (AvgIpc) is 2.76. The number of benzene rings is 2. The average molecular weight is 492 g/mol. The summed E-state index contributed by atoms with van der Waals surface area (Å²) in [6, 6.07) is 14.4. The van der Waals surface area contributed by atoms with E-state index in [9.17, 15) is 14.4 Å². The van der Waals surface area contributed by atoms with Crippen LogP contribution in [0.3, 0.4) is 0 Å². The fourth-order valence-electron chi connectivity index (χ4n) is 2.54. The Morgan fingerprint density at radius 2 is 1.59 bits per heavy atom. The maximum Gasteiger partial charge on any atom is 1.00 e. The van der Waals surface area contributed by atoms with E-state index in [0.29, 0.717) is 42.5 Å². The van der Waals surface area contributed by atoms with Gasteiger partial charge in [0.2, 0.25) is 5.91 Å². The van der Waals surface area contributed by atoms with Crippen LogP contribution in [0.5, 0.6) is 0 Å². The van der Waals surface area contributed by atoms with E-state index in [2.05, 4.69) is 38.3 Å². The molecule has 7 heteroatoms. The molecule has 0 spiro atoms. The Labute approximate surface area is 247 Å². The van der Waals surface area contributed by atoms with Crippen LogP contribution >= 0.6 is 0 Å². The zero-order valence-corrected chi connectivity index (χ0v) is 25.1. The second-order valence-corrected chi connectivity index (χ2v) is 9.85. The molecular weight excluding hydrogens is 453 g/mol. The van der Waals surface area contributed by atoms with Crippen LogP contribution in [0.4, 0.5) is 5.69 Å². The van der Waals surface area contributed by atoms with Gasteiger partial charge in [-0.3, -0.25) is 14.4 Å². The van der Waals surface area contributed by atoms with Crippen molar-refractivity contribution in [1.82, 2.24) is 10.2 Å². The van der Waals surface area contributed by atoms with Crippen LogP contribution in [0.1, 0.15) is 67.8 Å². The Morgan fingerprint density at radius 3 is 2.12 bits per heavy atom. The van der Waals surface area contributed by atoms with Gasteiger partial charge in [0, 0.05) is 31.6 Å². The first-order chi connectivity index (χ1) is 15.4. The van der Waals surface area contributed by atoms with Gasteiger partial charge < -0.3 is 15.5 Å². The molecule has 0 aliphatic carbocycles. The van der Waals surface area contributed by atoms with Gasteiger partial charge in [0.15, 0.2) is 6.29 Å². The number of aldehydes is 1. The van der Waals surface area contributed by atoms with E-state index in [1.165, 1.54) is 0 Å². The number of rotatable bonds is 9. The van der Waals surface area contributed by atoms with E-state index in [1.807, 2.05) is 38.1 Å². The van der Waals surface area contributed by atoms with Gasteiger partial charge in [0.25, 0.3) is 5.91 Å². The molecule has 34 heavy (non-hydrogen) atoms. The number of hydrogen-bond acceptors (Lipinski definition) is 3. The Morgan fingerprint density at radius 1 is 1.03 bits per heavy atom. The first kappa shape index (κ1) is 32.5. The summed E-state index contributed by atoms with van der Waals surface area (Å²) in [4.78, 5) is 36.7. The molecule has 2 aromatic carbocycles. The van der Waals surface area contributed by atoms with Gasteiger partial charge >= 0.3 is 51.4 Å². The Hall–Kier alpha value is -1.51. The molecule has 0 heterocycles. The molecule has 180 valence electrons. The molecule has 0 bridgehead atoms. The number of likely N-dealkylation sites (N-methyl/N-ethyl adjacent to an activating group) is 1. The van der Waals surface area contributed by atoms with Crippen molar-refractivity contribution >= 4 is 23.8 Å². The molecule has 0 unspecified atom stereocenters. The quantitative estimate of drug-likeness (QED) is 0.433. The van der Waals surface area contributed by atoms with E-state index in [0.717, 1.165) is 11.3 Å². The Bertz CT molecular complexity index is 900. The van der Waals surface area contributed by atoms with Crippen LogP contribution in [0, 0.1) is 11.3 Å². The third kappa shape index (κ3) is 13.4. The van der Waals surface area contributed by atoms with Crippen LogP contribution in [0.25, 0.3) is 5.32 Å². The normalized spacial score (nSPS) is 10.4. The van der Waals surface area contributed by atoms with Crippen molar-refractivity contribution in [1.29, 1.82) is 0 Å². The van der Waals surface area contributed by atoms with Gasteiger partial charge in [-0.15, -0.1) is 12.2 Å². The van der Waals surface area contributed by atoms with Crippen molar-refractivity contribution < 1.29 is 65.8 Å². The molecule has 0 atom stereocenters. The fourth-order valence-corrected chi connectivity index (χ4v) is 2.54. The number of carbonyl (C=O) groups excluding carboxylic acids is 3. The smallest absolute Gasteiger partial charge is 0.683 e. The molecular formula is C27H38KN3O3. The van der Waals surface area contributed by atoms with Crippen molar-refractivity contribution in [3.8, 4) is 0 Å². The predicted molar refractivity (Wildman–Crippen MR) is 135 cm³/mol. The van der Waals surface area contributed by atoms with Gasteiger partial charge in [-0.2, -0.15) is 0 Å². The van der Waals surface area contributed by atoms with E-state index in [4.69, 9.17) is 0 Å². The van der Waals surface area contributed by atoms with Crippen molar-refractivity contribution in [2.24, 2.45) is 11.3 Å². The molecule has 1 N–H and O–H groups in total. The second-order valence-electron chi connectivity index (χ2n) is 9.85. The molecule has 0 radical (unpaired) electrons. The van der Waals surface area contributed by atoms with Crippen molar-refractivity contribution in [3.63, 3.8) is 0 Å². The van der Waals surface area contributed by atoms with E-state index < -0.39 is 0 Å². The Balaban J connectivity index is 0.00000164. The van der Waals surface area contributed by atoms with Gasteiger partial charge in [-0.1, -0.05) is 84.0 Å². The fraction of sp³-hybridized carbons (Fsp3) is 0.444. The van der Waals surface area contributed by atoms with Crippen LogP contribution in [0.15, 0.2) is 48.5 Å². The van der Waals surface area contributed by atoms with Gasteiger partial charge in [-0.05, 0) is 17.0 Å². The largest absolute Gasteiger partial charge is 1.00 e. The maximum atomic E-state index is 12.5. The maximum absolute atomic E-state index is 12.5. The van der Waals surface area contributed by atoms with Gasteiger partial charge in [0.1, 0.15) is 0 Å². The first-order valence-electron chi connectivity index (χ1n) is 11.3. The molecule has 0 aliphatic rings. The first-order valence-corrected chi connectivity index (χ1v) is 11.3. The van der Waals surface area contributed by atoms with Gasteiger partial charge in [-0.25, -0.2) is 0 Å². The summed E-state index contributed by atoms with van der Waals surface area (Å²) in [5.74, 6) is -0.209. The number of carbonyl (C=O) groups is 3. The number of nitrogens with zero attached hydrogens (tertiary/aromatic N) is 2. The summed E-state index contributed by atoms with van der Waals surface area (Å²) in [5.41, 5.74) is 3.10. The van der Waals surface area contributed by atoms with Crippen LogP contribution < -0.4 is 56.7 Å². The van der Waals surface area contributed by atoms with E-state index in [-0.39, 0.29) is 69.1 Å². The minimum atomic E-state index is -0.200. The van der Waals surface area contributed by atoms with E-state index >= 15 is 0 Å². The third-order valence-electron chi connectivity index (χ3n) is 4.32. The minimum Gasteiger partial charge on any atom is -0.683 e.